The number of allylic oxidation sites excluding steroid dienone is 1. The van der Waals surface area contributed by atoms with Gasteiger partial charge in [-0.3, -0.25) is 0 Å². The third kappa shape index (κ3) is 3.15. The lowest BCUT2D eigenvalue weighted by atomic mass is 9.80. The van der Waals surface area contributed by atoms with E-state index in [2.05, 4.69) is 11.5 Å². The zero-order chi connectivity index (χ0) is 19.3. The van der Waals surface area contributed by atoms with Crippen molar-refractivity contribution < 1.29 is 8.78 Å². The first kappa shape index (κ1) is 17.9. The minimum atomic E-state index is -0.669. The molecule has 1 saturated heterocycles. The van der Waals surface area contributed by atoms with E-state index in [1.54, 1.807) is 0 Å². The van der Waals surface area contributed by atoms with E-state index in [9.17, 15) is 4.39 Å². The summed E-state index contributed by atoms with van der Waals surface area (Å²) in [6.07, 6.45) is 4.86. The molecule has 5 rings (SSSR count). The molecule has 3 fully saturated rings. The topological polar surface area (TPSA) is 3.24 Å². The standard InChI is InChI=1S/C25H27F2N/c1-17(20-12-21(26)13-20)28-16-25(10-11-25)15-22(28)14-19-8-5-9-23(24(19)27)18-6-3-2-4-7-18/h2-9,20-22H,1,10-16H2/t20?,21?,22-/m0/s1. The second-order valence-electron chi connectivity index (χ2n) is 9.09. The molecule has 1 atom stereocenters. The number of rotatable bonds is 5. The molecule has 1 aliphatic heterocycles. The molecule has 1 heterocycles. The summed E-state index contributed by atoms with van der Waals surface area (Å²) >= 11 is 0. The van der Waals surface area contributed by atoms with Crippen molar-refractivity contribution in [3.8, 4) is 11.1 Å². The fraction of sp³-hybridized carbons (Fsp3) is 0.440. The smallest absolute Gasteiger partial charge is 0.134 e. The largest absolute Gasteiger partial charge is 0.371 e. The fourth-order valence-electron chi connectivity index (χ4n) is 5.11. The highest BCUT2D eigenvalue weighted by Crippen LogP contribution is 2.57. The number of hydrogen-bond acceptors (Lipinski definition) is 1. The fourth-order valence-corrected chi connectivity index (χ4v) is 5.11. The Kier molecular flexibility index (Phi) is 4.30. The predicted molar refractivity (Wildman–Crippen MR) is 109 cm³/mol. The molecule has 28 heavy (non-hydrogen) atoms. The molecule has 0 N–H and O–H groups in total. The first-order valence-electron chi connectivity index (χ1n) is 10.5. The lowest BCUT2D eigenvalue weighted by Gasteiger charge is -2.39. The molecule has 2 aromatic carbocycles. The van der Waals surface area contributed by atoms with Gasteiger partial charge in [-0.25, -0.2) is 8.78 Å². The second-order valence-corrected chi connectivity index (χ2v) is 9.09. The van der Waals surface area contributed by atoms with E-state index in [1.165, 1.54) is 12.8 Å². The summed E-state index contributed by atoms with van der Waals surface area (Å²) in [6.45, 7) is 5.35. The average Bonchev–Trinajstić information content (AvgIpc) is 3.34. The predicted octanol–water partition coefficient (Wildman–Crippen LogP) is 6.15. The minimum Gasteiger partial charge on any atom is -0.371 e. The van der Waals surface area contributed by atoms with Gasteiger partial charge in [-0.1, -0.05) is 55.1 Å². The van der Waals surface area contributed by atoms with Gasteiger partial charge in [-0.15, -0.1) is 0 Å². The Morgan fingerprint density at radius 3 is 2.50 bits per heavy atom. The van der Waals surface area contributed by atoms with Gasteiger partial charge in [0.25, 0.3) is 0 Å². The maximum Gasteiger partial charge on any atom is 0.134 e. The zero-order valence-electron chi connectivity index (χ0n) is 16.2. The summed E-state index contributed by atoms with van der Waals surface area (Å²) in [7, 11) is 0. The maximum atomic E-state index is 15.3. The quantitative estimate of drug-likeness (QED) is 0.602. The van der Waals surface area contributed by atoms with Crippen molar-refractivity contribution in [3.63, 3.8) is 0 Å². The highest BCUT2D eigenvalue weighted by atomic mass is 19.1. The minimum absolute atomic E-state index is 0.108. The summed E-state index contributed by atoms with van der Waals surface area (Å²) in [4.78, 5) is 2.40. The third-order valence-electron chi connectivity index (χ3n) is 7.11. The summed E-state index contributed by atoms with van der Waals surface area (Å²) in [5, 5.41) is 0. The lowest BCUT2D eigenvalue weighted by Crippen LogP contribution is -2.38. The molecule has 1 nitrogen and oxygen atoms in total. The van der Waals surface area contributed by atoms with Gasteiger partial charge in [0.15, 0.2) is 0 Å². The molecule has 146 valence electrons. The van der Waals surface area contributed by atoms with Crippen LogP contribution in [0.3, 0.4) is 0 Å². The Labute approximate surface area is 166 Å². The molecule has 0 radical (unpaired) electrons. The van der Waals surface area contributed by atoms with Crippen LogP contribution < -0.4 is 0 Å². The average molecular weight is 379 g/mol. The van der Waals surface area contributed by atoms with Gasteiger partial charge >= 0.3 is 0 Å². The Morgan fingerprint density at radius 2 is 1.82 bits per heavy atom. The first-order chi connectivity index (χ1) is 13.5. The van der Waals surface area contributed by atoms with E-state index in [0.717, 1.165) is 29.8 Å². The summed E-state index contributed by atoms with van der Waals surface area (Å²) in [5.74, 6) is 0.162. The molecule has 2 aliphatic carbocycles. The lowest BCUT2D eigenvalue weighted by molar-refractivity contribution is 0.123. The van der Waals surface area contributed by atoms with Crippen molar-refractivity contribution >= 4 is 0 Å². The third-order valence-corrected chi connectivity index (χ3v) is 7.11. The Bertz CT molecular complexity index is 881. The van der Waals surface area contributed by atoms with Crippen LogP contribution in [0.15, 0.2) is 60.8 Å². The molecule has 0 unspecified atom stereocenters. The van der Waals surface area contributed by atoms with Gasteiger partial charge < -0.3 is 4.90 Å². The molecule has 0 amide bonds. The molecule has 3 heteroatoms. The van der Waals surface area contributed by atoms with Gasteiger partial charge in [0, 0.05) is 29.8 Å². The van der Waals surface area contributed by atoms with Gasteiger partial charge in [-0.2, -0.15) is 0 Å². The van der Waals surface area contributed by atoms with Crippen LogP contribution in [-0.4, -0.2) is 23.7 Å². The van der Waals surface area contributed by atoms with E-state index in [4.69, 9.17) is 0 Å². The Balaban J connectivity index is 1.39. The van der Waals surface area contributed by atoms with Crippen LogP contribution in [-0.2, 0) is 6.42 Å². The van der Waals surface area contributed by atoms with Gasteiger partial charge in [0.2, 0.25) is 0 Å². The monoisotopic (exact) mass is 379 g/mol. The van der Waals surface area contributed by atoms with Crippen molar-refractivity contribution in [1.29, 1.82) is 0 Å². The molecule has 2 saturated carbocycles. The van der Waals surface area contributed by atoms with E-state index in [1.807, 2.05) is 48.5 Å². The normalized spacial score (nSPS) is 27.6. The van der Waals surface area contributed by atoms with Crippen LogP contribution in [0.4, 0.5) is 8.78 Å². The molecule has 0 bridgehead atoms. The van der Waals surface area contributed by atoms with Crippen LogP contribution in [0.1, 0.15) is 37.7 Å². The SMILES string of the molecule is C=C(C1CC(F)C1)N1CC2(CC2)C[C@@H]1Cc1cccc(-c2ccccc2)c1F. The molecule has 1 spiro atoms. The molecule has 2 aromatic rings. The summed E-state index contributed by atoms with van der Waals surface area (Å²) in [5.41, 5.74) is 3.85. The molecule has 3 aliphatic rings. The molecule has 0 aromatic heterocycles. The van der Waals surface area contributed by atoms with E-state index >= 15 is 4.39 Å². The van der Waals surface area contributed by atoms with Crippen molar-refractivity contribution in [2.45, 2.75) is 50.7 Å². The van der Waals surface area contributed by atoms with Crippen molar-refractivity contribution in [2.75, 3.05) is 6.54 Å². The van der Waals surface area contributed by atoms with Gasteiger partial charge in [0.1, 0.15) is 12.0 Å². The molecular formula is C25H27F2N. The van der Waals surface area contributed by atoms with Gasteiger partial charge in [0.05, 0.1) is 0 Å². The number of benzene rings is 2. The number of alkyl halides is 1. The van der Waals surface area contributed by atoms with Crippen molar-refractivity contribution in [3.05, 3.63) is 72.2 Å². The van der Waals surface area contributed by atoms with E-state index in [-0.39, 0.29) is 17.8 Å². The highest BCUT2D eigenvalue weighted by molar-refractivity contribution is 5.65. The van der Waals surface area contributed by atoms with E-state index in [0.29, 0.717) is 30.2 Å². The van der Waals surface area contributed by atoms with Crippen LogP contribution in [0.5, 0.6) is 0 Å². The Morgan fingerprint density at radius 1 is 1.07 bits per heavy atom. The number of hydrogen-bond donors (Lipinski definition) is 0. The highest BCUT2D eigenvalue weighted by Gasteiger charge is 2.53. The maximum absolute atomic E-state index is 15.3. The number of nitrogens with zero attached hydrogens (tertiary/aromatic N) is 1. The molecular weight excluding hydrogens is 352 g/mol. The van der Waals surface area contributed by atoms with Crippen LogP contribution in [0, 0.1) is 17.2 Å². The van der Waals surface area contributed by atoms with E-state index < -0.39 is 6.17 Å². The van der Waals surface area contributed by atoms with Crippen molar-refractivity contribution in [1.82, 2.24) is 4.90 Å². The van der Waals surface area contributed by atoms with Gasteiger partial charge in [-0.05, 0) is 55.1 Å². The van der Waals surface area contributed by atoms with Crippen LogP contribution in [0.2, 0.25) is 0 Å². The van der Waals surface area contributed by atoms with Crippen molar-refractivity contribution in [2.24, 2.45) is 11.3 Å². The second kappa shape index (κ2) is 6.72. The summed E-state index contributed by atoms with van der Waals surface area (Å²) in [6, 6.07) is 15.7. The Hall–Kier alpha value is -2.16. The van der Waals surface area contributed by atoms with Crippen LogP contribution >= 0.6 is 0 Å². The first-order valence-corrected chi connectivity index (χ1v) is 10.5. The van der Waals surface area contributed by atoms with Crippen LogP contribution in [0.25, 0.3) is 11.1 Å². The number of likely N-dealkylation sites (tertiary alicyclic amines) is 1. The summed E-state index contributed by atoms with van der Waals surface area (Å²) < 4.78 is 28.7. The zero-order valence-corrected chi connectivity index (χ0v) is 16.2. The number of halogens is 2.